The van der Waals surface area contributed by atoms with E-state index < -0.39 is 30.6 Å². The number of hydrogen-bond donors (Lipinski definition) is 4. The first-order chi connectivity index (χ1) is 7.02. The van der Waals surface area contributed by atoms with Crippen molar-refractivity contribution in [1.29, 1.82) is 0 Å². The summed E-state index contributed by atoms with van der Waals surface area (Å²) in [6, 6.07) is -2.01. The number of thioether (sulfide) groups is 1. The molecule has 15 heavy (non-hydrogen) atoms. The van der Waals surface area contributed by atoms with Crippen LogP contribution in [0.4, 0.5) is 0 Å². The molecule has 5 N–H and O–H groups in total. The first-order valence-corrected chi connectivity index (χ1v) is 5.80. The average Bonchev–Trinajstić information content (AvgIpc) is 2.21. The van der Waals surface area contributed by atoms with Gasteiger partial charge in [-0.3, -0.25) is 4.79 Å². The van der Waals surface area contributed by atoms with Gasteiger partial charge in [-0.15, -0.1) is 0 Å². The highest BCUT2D eigenvalue weighted by molar-refractivity contribution is 7.98. The van der Waals surface area contributed by atoms with Crippen molar-refractivity contribution >= 4 is 23.6 Å². The van der Waals surface area contributed by atoms with Crippen LogP contribution < -0.4 is 11.1 Å². The van der Waals surface area contributed by atoms with Gasteiger partial charge >= 0.3 is 5.97 Å². The second kappa shape index (κ2) is 7.49. The summed E-state index contributed by atoms with van der Waals surface area (Å²) in [7, 11) is 0. The molecule has 0 aliphatic carbocycles. The van der Waals surface area contributed by atoms with E-state index in [-0.39, 0.29) is 0 Å². The van der Waals surface area contributed by atoms with Gasteiger partial charge < -0.3 is 21.3 Å². The number of rotatable bonds is 7. The molecule has 6 nitrogen and oxygen atoms in total. The van der Waals surface area contributed by atoms with Gasteiger partial charge in [0.25, 0.3) is 0 Å². The van der Waals surface area contributed by atoms with Crippen molar-refractivity contribution in [2.24, 2.45) is 5.73 Å². The zero-order chi connectivity index (χ0) is 11.8. The number of aliphatic carboxylic acids is 1. The van der Waals surface area contributed by atoms with Gasteiger partial charge in [-0.2, -0.15) is 11.8 Å². The van der Waals surface area contributed by atoms with Crippen LogP contribution in [0.3, 0.4) is 0 Å². The predicted octanol–water partition coefficient (Wildman–Crippen LogP) is -1.37. The van der Waals surface area contributed by atoms with Crippen LogP contribution in [0.1, 0.15) is 6.42 Å². The van der Waals surface area contributed by atoms with Gasteiger partial charge in [-0.05, 0) is 18.4 Å². The van der Waals surface area contributed by atoms with E-state index in [9.17, 15) is 9.59 Å². The fraction of sp³-hybridized carbons (Fsp3) is 0.750. The van der Waals surface area contributed by atoms with Crippen LogP contribution in [0.2, 0.25) is 0 Å². The molecule has 0 aromatic heterocycles. The van der Waals surface area contributed by atoms with Crippen LogP contribution in [0.25, 0.3) is 0 Å². The summed E-state index contributed by atoms with van der Waals surface area (Å²) < 4.78 is 0. The fourth-order valence-corrected chi connectivity index (χ4v) is 1.33. The van der Waals surface area contributed by atoms with Gasteiger partial charge in [-0.25, -0.2) is 4.79 Å². The van der Waals surface area contributed by atoms with E-state index in [2.05, 4.69) is 5.32 Å². The second-order valence-corrected chi connectivity index (χ2v) is 3.96. The van der Waals surface area contributed by atoms with Crippen LogP contribution in [-0.4, -0.2) is 52.8 Å². The highest BCUT2D eigenvalue weighted by atomic mass is 32.2. The first kappa shape index (κ1) is 14.2. The lowest BCUT2D eigenvalue weighted by molar-refractivity contribution is -0.143. The number of carbonyl (C=O) groups excluding carboxylic acids is 1. The molecule has 0 fully saturated rings. The number of nitrogens with two attached hydrogens (primary N) is 1. The molecule has 2 atom stereocenters. The molecule has 1 unspecified atom stereocenters. The zero-order valence-electron chi connectivity index (χ0n) is 8.47. The van der Waals surface area contributed by atoms with E-state index in [1.165, 1.54) is 0 Å². The van der Waals surface area contributed by atoms with Crippen LogP contribution >= 0.6 is 11.8 Å². The zero-order valence-corrected chi connectivity index (χ0v) is 9.29. The van der Waals surface area contributed by atoms with E-state index in [0.717, 1.165) is 5.75 Å². The third-order valence-corrected chi connectivity index (χ3v) is 2.41. The minimum Gasteiger partial charge on any atom is -0.480 e. The van der Waals surface area contributed by atoms with Crippen molar-refractivity contribution in [2.45, 2.75) is 18.5 Å². The highest BCUT2D eigenvalue weighted by Gasteiger charge is 2.21. The molecule has 0 aliphatic heterocycles. The SMILES string of the molecule is CSCC[C@@H](N)C(=O)NC(CO)C(=O)O. The van der Waals surface area contributed by atoms with Crippen LogP contribution in [0.15, 0.2) is 0 Å². The molecular weight excluding hydrogens is 220 g/mol. The van der Waals surface area contributed by atoms with Crippen molar-refractivity contribution < 1.29 is 19.8 Å². The Bertz CT molecular complexity index is 225. The molecule has 0 aromatic rings. The quantitative estimate of drug-likeness (QED) is 0.434. The lowest BCUT2D eigenvalue weighted by atomic mass is 10.2. The molecule has 0 rings (SSSR count). The van der Waals surface area contributed by atoms with Crippen LogP contribution in [-0.2, 0) is 9.59 Å². The minimum atomic E-state index is -1.28. The molecule has 0 bridgehead atoms. The van der Waals surface area contributed by atoms with Crippen molar-refractivity contribution in [1.82, 2.24) is 5.32 Å². The number of carboxylic acid groups (broad SMARTS) is 1. The Morgan fingerprint density at radius 3 is 2.53 bits per heavy atom. The number of amides is 1. The second-order valence-electron chi connectivity index (χ2n) is 2.97. The van der Waals surface area contributed by atoms with Crippen molar-refractivity contribution in [3.8, 4) is 0 Å². The molecule has 0 saturated heterocycles. The van der Waals surface area contributed by atoms with Gasteiger partial charge in [0.2, 0.25) is 5.91 Å². The summed E-state index contributed by atoms with van der Waals surface area (Å²) in [4.78, 5) is 21.8. The number of aliphatic hydroxyl groups excluding tert-OH is 1. The number of aliphatic hydroxyl groups is 1. The number of nitrogens with one attached hydrogen (secondary N) is 1. The average molecular weight is 236 g/mol. The third kappa shape index (κ3) is 5.60. The van der Waals surface area contributed by atoms with Crippen LogP contribution in [0, 0.1) is 0 Å². The van der Waals surface area contributed by atoms with Crippen LogP contribution in [0.5, 0.6) is 0 Å². The lowest BCUT2D eigenvalue weighted by Gasteiger charge is -2.15. The lowest BCUT2D eigenvalue weighted by Crippen LogP contribution is -2.50. The topological polar surface area (TPSA) is 113 Å². The molecule has 88 valence electrons. The van der Waals surface area contributed by atoms with E-state index in [1.54, 1.807) is 11.8 Å². The molecule has 0 aliphatic rings. The summed E-state index contributed by atoms with van der Waals surface area (Å²) in [6.45, 7) is -0.643. The minimum absolute atomic E-state index is 0.477. The molecule has 1 amide bonds. The molecule has 0 radical (unpaired) electrons. The Kier molecular flexibility index (Phi) is 7.10. The first-order valence-electron chi connectivity index (χ1n) is 4.41. The smallest absolute Gasteiger partial charge is 0.328 e. The standard InChI is InChI=1S/C8H16N2O4S/c1-15-3-2-5(9)7(12)10-6(4-11)8(13)14/h5-6,11H,2-4,9H2,1H3,(H,10,12)(H,13,14)/t5-,6?/m1/s1. The van der Waals surface area contributed by atoms with Crippen molar-refractivity contribution in [3.05, 3.63) is 0 Å². The maximum atomic E-state index is 11.3. The maximum Gasteiger partial charge on any atom is 0.328 e. The van der Waals surface area contributed by atoms with Crippen molar-refractivity contribution in [3.63, 3.8) is 0 Å². The summed E-state index contributed by atoms with van der Waals surface area (Å²) >= 11 is 1.55. The Morgan fingerprint density at radius 2 is 2.13 bits per heavy atom. The van der Waals surface area contributed by atoms with Crippen molar-refractivity contribution in [2.75, 3.05) is 18.6 Å². The summed E-state index contributed by atoms with van der Waals surface area (Å²) in [6.07, 6.45) is 2.36. The highest BCUT2D eigenvalue weighted by Crippen LogP contribution is 1.99. The molecule has 7 heteroatoms. The van der Waals surface area contributed by atoms with Gasteiger partial charge in [0.1, 0.15) is 6.04 Å². The normalized spacial score (nSPS) is 14.3. The summed E-state index contributed by atoms with van der Waals surface area (Å²) in [5.74, 6) is -1.10. The molecule has 0 spiro atoms. The van der Waals surface area contributed by atoms with E-state index in [4.69, 9.17) is 15.9 Å². The third-order valence-electron chi connectivity index (χ3n) is 1.77. The monoisotopic (exact) mass is 236 g/mol. The Balaban J connectivity index is 4.04. The summed E-state index contributed by atoms with van der Waals surface area (Å²) in [5.41, 5.74) is 5.51. The molecular formula is C8H16N2O4S. The summed E-state index contributed by atoms with van der Waals surface area (Å²) in [5, 5.41) is 19.4. The van der Waals surface area contributed by atoms with Gasteiger partial charge in [0, 0.05) is 0 Å². The molecule has 0 heterocycles. The van der Waals surface area contributed by atoms with Gasteiger partial charge in [-0.1, -0.05) is 0 Å². The Labute approximate surface area is 92.2 Å². The Hall–Kier alpha value is -0.790. The maximum absolute atomic E-state index is 11.3. The number of carbonyl (C=O) groups is 2. The number of hydrogen-bond acceptors (Lipinski definition) is 5. The molecule has 0 saturated carbocycles. The fourth-order valence-electron chi connectivity index (χ4n) is 0.840. The predicted molar refractivity (Wildman–Crippen MR) is 57.6 cm³/mol. The largest absolute Gasteiger partial charge is 0.480 e. The van der Waals surface area contributed by atoms with Gasteiger partial charge in [0.05, 0.1) is 12.6 Å². The number of carboxylic acids is 1. The molecule has 0 aromatic carbocycles. The van der Waals surface area contributed by atoms with E-state index in [0.29, 0.717) is 6.42 Å². The van der Waals surface area contributed by atoms with E-state index in [1.807, 2.05) is 6.26 Å². The Morgan fingerprint density at radius 1 is 1.53 bits per heavy atom. The van der Waals surface area contributed by atoms with Gasteiger partial charge in [0.15, 0.2) is 0 Å². The van der Waals surface area contributed by atoms with E-state index >= 15 is 0 Å².